The van der Waals surface area contributed by atoms with E-state index in [1.54, 1.807) is 0 Å². The minimum atomic E-state index is 0.650. The minimum Gasteiger partial charge on any atom is -0.299 e. The molecule has 1 fully saturated rings. The van der Waals surface area contributed by atoms with Gasteiger partial charge in [-0.1, -0.05) is 6.92 Å². The van der Waals surface area contributed by atoms with Crippen LogP contribution in [-0.2, 0) is 4.84 Å². The summed E-state index contributed by atoms with van der Waals surface area (Å²) in [5.74, 6) is 0.650. The zero-order valence-electron chi connectivity index (χ0n) is 6.68. The van der Waals surface area contributed by atoms with Crippen molar-refractivity contribution in [3.8, 4) is 0 Å². The maximum absolute atomic E-state index is 5.34. The van der Waals surface area contributed by atoms with Crippen LogP contribution in [0.4, 0.5) is 0 Å². The Morgan fingerprint density at radius 2 is 2.10 bits per heavy atom. The lowest BCUT2D eigenvalue weighted by molar-refractivity contribution is -0.167. The Labute approximate surface area is 63.1 Å². The molecule has 0 aromatic carbocycles. The number of nitrogens with zero attached hydrogens (tertiary/aromatic N) is 1. The zero-order valence-corrected chi connectivity index (χ0v) is 6.68. The highest BCUT2D eigenvalue weighted by Crippen LogP contribution is 2.15. The van der Waals surface area contributed by atoms with E-state index in [1.807, 2.05) is 12.0 Å². The average molecular weight is 142 g/mol. The van der Waals surface area contributed by atoms with E-state index >= 15 is 0 Å². The molecule has 1 saturated heterocycles. The van der Waals surface area contributed by atoms with E-state index in [2.05, 4.69) is 6.92 Å². The zero-order chi connectivity index (χ0) is 7.40. The summed E-state index contributed by atoms with van der Waals surface area (Å²) < 4.78 is 0. The van der Waals surface area contributed by atoms with E-state index in [0.29, 0.717) is 5.92 Å². The van der Waals surface area contributed by atoms with E-state index < -0.39 is 0 Å². The molecule has 0 spiro atoms. The quantitative estimate of drug-likeness (QED) is 0.579. The number of rotatable bonds is 2. The molecule has 10 heavy (non-hydrogen) atoms. The molecule has 1 aliphatic heterocycles. The van der Waals surface area contributed by atoms with Crippen LogP contribution >= 0.6 is 0 Å². The third-order valence-corrected chi connectivity index (χ3v) is 1.89. The van der Waals surface area contributed by atoms with Crippen LogP contribution in [0, 0.1) is 12.8 Å². The smallest absolute Gasteiger partial charge is 0.0656 e. The summed E-state index contributed by atoms with van der Waals surface area (Å²) in [4.78, 5) is 5.34. The third kappa shape index (κ3) is 2.27. The predicted molar refractivity (Wildman–Crippen MR) is 41.3 cm³/mol. The Morgan fingerprint density at radius 1 is 1.50 bits per heavy atom. The van der Waals surface area contributed by atoms with Crippen molar-refractivity contribution in [2.45, 2.75) is 19.8 Å². The summed E-state index contributed by atoms with van der Waals surface area (Å²) >= 11 is 0. The lowest BCUT2D eigenvalue weighted by atomic mass is 10.0. The van der Waals surface area contributed by atoms with Crippen molar-refractivity contribution in [2.24, 2.45) is 5.92 Å². The molecule has 0 aromatic heterocycles. The van der Waals surface area contributed by atoms with E-state index in [0.717, 1.165) is 19.7 Å². The Hall–Kier alpha value is -0.0800. The molecular weight excluding hydrogens is 126 g/mol. The molecule has 0 amide bonds. The van der Waals surface area contributed by atoms with Crippen molar-refractivity contribution < 1.29 is 4.84 Å². The van der Waals surface area contributed by atoms with Crippen molar-refractivity contribution in [3.05, 3.63) is 6.92 Å². The summed E-state index contributed by atoms with van der Waals surface area (Å²) in [6.07, 6.45) is 2.36. The van der Waals surface area contributed by atoms with Crippen molar-refractivity contribution in [3.63, 3.8) is 0 Å². The van der Waals surface area contributed by atoms with Gasteiger partial charge >= 0.3 is 0 Å². The van der Waals surface area contributed by atoms with E-state index in [4.69, 9.17) is 4.84 Å². The van der Waals surface area contributed by atoms with Gasteiger partial charge in [0.15, 0.2) is 0 Å². The first-order valence-electron chi connectivity index (χ1n) is 4.04. The molecule has 2 nitrogen and oxygen atoms in total. The van der Waals surface area contributed by atoms with Gasteiger partial charge in [-0.25, -0.2) is 0 Å². The van der Waals surface area contributed by atoms with Gasteiger partial charge in [-0.05, 0) is 25.7 Å². The summed E-state index contributed by atoms with van der Waals surface area (Å²) in [5, 5.41) is 2.04. The van der Waals surface area contributed by atoms with E-state index in [1.165, 1.54) is 12.8 Å². The largest absolute Gasteiger partial charge is 0.299 e. The first kappa shape index (κ1) is 8.02. The fourth-order valence-electron chi connectivity index (χ4n) is 1.22. The molecule has 1 heterocycles. The molecule has 0 saturated carbocycles. The van der Waals surface area contributed by atoms with Crippen molar-refractivity contribution in [1.82, 2.24) is 5.06 Å². The Morgan fingerprint density at radius 3 is 2.60 bits per heavy atom. The van der Waals surface area contributed by atoms with Crippen molar-refractivity contribution in [2.75, 3.05) is 19.7 Å². The first-order valence-corrected chi connectivity index (χ1v) is 4.04. The van der Waals surface area contributed by atoms with Crippen LogP contribution in [0.5, 0.6) is 0 Å². The van der Waals surface area contributed by atoms with Gasteiger partial charge in [0.2, 0.25) is 0 Å². The van der Waals surface area contributed by atoms with Gasteiger partial charge in [0.1, 0.15) is 0 Å². The van der Waals surface area contributed by atoms with Crippen LogP contribution in [0.1, 0.15) is 19.8 Å². The maximum atomic E-state index is 5.34. The lowest BCUT2D eigenvalue weighted by Gasteiger charge is -2.28. The molecule has 1 radical (unpaired) electrons. The second-order valence-electron chi connectivity index (χ2n) is 2.79. The molecule has 2 heteroatoms. The van der Waals surface area contributed by atoms with E-state index in [-0.39, 0.29) is 0 Å². The standard InChI is InChI=1S/C8H16NO/c1-3-10-9-6-4-8(2)5-7-9/h8H,2-7H2,1H3. The molecule has 0 unspecified atom stereocenters. The van der Waals surface area contributed by atoms with Crippen LogP contribution in [-0.4, -0.2) is 24.8 Å². The fraction of sp³-hybridized carbons (Fsp3) is 0.875. The SMILES string of the molecule is [CH2]C1CCN(OCC)CC1. The van der Waals surface area contributed by atoms with Gasteiger partial charge in [0, 0.05) is 13.1 Å². The van der Waals surface area contributed by atoms with Crippen LogP contribution < -0.4 is 0 Å². The number of piperidine rings is 1. The highest BCUT2D eigenvalue weighted by molar-refractivity contribution is 4.68. The van der Waals surface area contributed by atoms with Gasteiger partial charge in [-0.2, -0.15) is 5.06 Å². The van der Waals surface area contributed by atoms with Crippen LogP contribution in [0.3, 0.4) is 0 Å². The van der Waals surface area contributed by atoms with Gasteiger partial charge in [0.25, 0.3) is 0 Å². The minimum absolute atomic E-state index is 0.650. The third-order valence-electron chi connectivity index (χ3n) is 1.89. The van der Waals surface area contributed by atoms with Gasteiger partial charge in [0.05, 0.1) is 6.61 Å². The Kier molecular flexibility index (Phi) is 3.16. The molecule has 0 atom stereocenters. The fourth-order valence-corrected chi connectivity index (χ4v) is 1.22. The first-order chi connectivity index (χ1) is 4.83. The van der Waals surface area contributed by atoms with Gasteiger partial charge in [-0.15, -0.1) is 0 Å². The number of hydrogen-bond donors (Lipinski definition) is 0. The second kappa shape index (κ2) is 3.94. The number of hydroxylamine groups is 2. The highest BCUT2D eigenvalue weighted by atomic mass is 16.7. The normalized spacial score (nSPS) is 23.4. The highest BCUT2D eigenvalue weighted by Gasteiger charge is 2.14. The average Bonchev–Trinajstić information content (AvgIpc) is 1.95. The molecule has 1 rings (SSSR count). The van der Waals surface area contributed by atoms with Crippen LogP contribution in [0.15, 0.2) is 0 Å². The topological polar surface area (TPSA) is 12.5 Å². The summed E-state index contributed by atoms with van der Waals surface area (Å²) in [6, 6.07) is 0. The Balaban J connectivity index is 2.13. The van der Waals surface area contributed by atoms with Crippen LogP contribution in [0.2, 0.25) is 0 Å². The molecule has 0 bridgehead atoms. The predicted octanol–water partition coefficient (Wildman–Crippen LogP) is 1.48. The summed E-state index contributed by atoms with van der Waals surface area (Å²) in [6.45, 7) is 8.94. The Bertz CT molecular complexity index is 87.3. The maximum Gasteiger partial charge on any atom is 0.0656 e. The van der Waals surface area contributed by atoms with Gasteiger partial charge in [-0.3, -0.25) is 4.84 Å². The number of hydrogen-bond acceptors (Lipinski definition) is 2. The summed E-state index contributed by atoms with van der Waals surface area (Å²) in [7, 11) is 0. The molecule has 0 aliphatic carbocycles. The second-order valence-corrected chi connectivity index (χ2v) is 2.79. The van der Waals surface area contributed by atoms with E-state index in [9.17, 15) is 0 Å². The lowest BCUT2D eigenvalue weighted by Crippen LogP contribution is -2.32. The molecular formula is C8H16NO. The van der Waals surface area contributed by atoms with Crippen molar-refractivity contribution >= 4 is 0 Å². The monoisotopic (exact) mass is 142 g/mol. The van der Waals surface area contributed by atoms with Gasteiger partial charge < -0.3 is 0 Å². The molecule has 0 N–H and O–H groups in total. The molecule has 59 valence electrons. The summed E-state index contributed by atoms with van der Waals surface area (Å²) in [5.41, 5.74) is 0. The van der Waals surface area contributed by atoms with Crippen molar-refractivity contribution in [1.29, 1.82) is 0 Å². The molecule has 0 aromatic rings. The molecule has 1 aliphatic rings. The van der Waals surface area contributed by atoms with Crippen LogP contribution in [0.25, 0.3) is 0 Å².